The summed E-state index contributed by atoms with van der Waals surface area (Å²) >= 11 is 0. The van der Waals surface area contributed by atoms with Crippen LogP contribution in [-0.2, 0) is 6.42 Å². The number of hydrogen-bond donors (Lipinski definition) is 0. The first-order valence-corrected chi connectivity index (χ1v) is 4.44. The summed E-state index contributed by atoms with van der Waals surface area (Å²) in [4.78, 5) is 4.16. The van der Waals surface area contributed by atoms with Gasteiger partial charge in [-0.2, -0.15) is 0 Å². The van der Waals surface area contributed by atoms with E-state index in [4.69, 9.17) is 4.74 Å². The molecule has 0 aliphatic carbocycles. The first-order chi connectivity index (χ1) is 5.86. The van der Waals surface area contributed by atoms with Gasteiger partial charge in [0, 0.05) is 12.3 Å². The van der Waals surface area contributed by atoms with Crippen LogP contribution in [0.4, 0.5) is 0 Å². The zero-order valence-electron chi connectivity index (χ0n) is 7.71. The second kappa shape index (κ2) is 4.75. The number of hydrogen-bond acceptors (Lipinski definition) is 2. The van der Waals surface area contributed by atoms with Gasteiger partial charge in [-0.15, -0.1) is 0 Å². The highest BCUT2D eigenvalue weighted by molar-refractivity contribution is 5.17. The second-order valence-electron chi connectivity index (χ2n) is 2.71. The minimum absolute atomic E-state index is 0.731. The van der Waals surface area contributed by atoms with Gasteiger partial charge >= 0.3 is 0 Å². The van der Waals surface area contributed by atoms with Crippen molar-refractivity contribution in [2.24, 2.45) is 0 Å². The van der Waals surface area contributed by atoms with Crippen LogP contribution in [-0.4, -0.2) is 11.6 Å². The zero-order chi connectivity index (χ0) is 8.81. The maximum atomic E-state index is 5.34. The van der Waals surface area contributed by atoms with Crippen molar-refractivity contribution in [3.8, 4) is 5.88 Å². The fourth-order valence-electron chi connectivity index (χ4n) is 0.912. The summed E-state index contributed by atoms with van der Waals surface area (Å²) in [6.07, 6.45) is 3.92. The minimum atomic E-state index is 0.731. The largest absolute Gasteiger partial charge is 0.478 e. The molecule has 66 valence electrons. The van der Waals surface area contributed by atoms with Gasteiger partial charge in [0.25, 0.3) is 0 Å². The third-order valence-electron chi connectivity index (χ3n) is 1.66. The molecule has 0 amide bonds. The third kappa shape index (κ3) is 2.53. The molecule has 0 saturated carbocycles. The molecule has 1 rings (SSSR count). The highest BCUT2D eigenvalue weighted by Gasteiger charge is 1.93. The summed E-state index contributed by atoms with van der Waals surface area (Å²) in [5, 5.41) is 0. The Bertz CT molecular complexity index is 218. The Morgan fingerprint density at radius 1 is 1.33 bits per heavy atom. The fraction of sp³-hybridized carbons (Fsp3) is 0.500. The van der Waals surface area contributed by atoms with E-state index in [1.165, 1.54) is 5.56 Å². The van der Waals surface area contributed by atoms with Crippen LogP contribution in [0.2, 0.25) is 0 Å². The summed E-state index contributed by atoms with van der Waals surface area (Å²) in [6, 6.07) is 3.98. The van der Waals surface area contributed by atoms with E-state index in [1.54, 1.807) is 0 Å². The molecule has 0 radical (unpaired) electrons. The summed E-state index contributed by atoms with van der Waals surface area (Å²) < 4.78 is 5.34. The van der Waals surface area contributed by atoms with E-state index in [9.17, 15) is 0 Å². The van der Waals surface area contributed by atoms with Gasteiger partial charge in [-0.1, -0.05) is 19.9 Å². The maximum absolute atomic E-state index is 5.34. The Morgan fingerprint density at radius 3 is 2.67 bits per heavy atom. The number of rotatable bonds is 4. The predicted molar refractivity (Wildman–Crippen MR) is 49.4 cm³/mol. The molecule has 0 aromatic carbocycles. The smallest absolute Gasteiger partial charge is 0.213 e. The normalized spacial score (nSPS) is 9.83. The average Bonchev–Trinajstić information content (AvgIpc) is 2.15. The summed E-state index contributed by atoms with van der Waals surface area (Å²) in [6.45, 7) is 4.95. The molecule has 12 heavy (non-hydrogen) atoms. The van der Waals surface area contributed by atoms with Gasteiger partial charge in [0.1, 0.15) is 0 Å². The van der Waals surface area contributed by atoms with Crippen molar-refractivity contribution in [1.29, 1.82) is 0 Å². The SMILES string of the molecule is CCCOc1ccc(CC)cn1. The van der Waals surface area contributed by atoms with Crippen molar-refractivity contribution in [2.45, 2.75) is 26.7 Å². The lowest BCUT2D eigenvalue weighted by molar-refractivity contribution is 0.305. The van der Waals surface area contributed by atoms with Crippen LogP contribution < -0.4 is 4.74 Å². The summed E-state index contributed by atoms with van der Waals surface area (Å²) in [5.41, 5.74) is 1.25. The van der Waals surface area contributed by atoms with Crippen molar-refractivity contribution in [3.05, 3.63) is 23.9 Å². The topological polar surface area (TPSA) is 22.1 Å². The molecule has 0 unspecified atom stereocenters. The van der Waals surface area contributed by atoms with Crippen LogP contribution in [0.1, 0.15) is 25.8 Å². The number of ether oxygens (including phenoxy) is 1. The van der Waals surface area contributed by atoms with Crippen LogP contribution in [0.15, 0.2) is 18.3 Å². The van der Waals surface area contributed by atoms with Crippen molar-refractivity contribution >= 4 is 0 Å². The molecular formula is C10H15NO. The van der Waals surface area contributed by atoms with Gasteiger partial charge in [-0.25, -0.2) is 4.98 Å². The predicted octanol–water partition coefficient (Wildman–Crippen LogP) is 2.43. The molecule has 0 saturated heterocycles. The Balaban J connectivity index is 2.53. The number of nitrogens with zero attached hydrogens (tertiary/aromatic N) is 1. The molecule has 0 spiro atoms. The fourth-order valence-corrected chi connectivity index (χ4v) is 0.912. The molecule has 0 aliphatic heterocycles. The van der Waals surface area contributed by atoms with Crippen molar-refractivity contribution in [2.75, 3.05) is 6.61 Å². The molecule has 0 atom stereocenters. The molecule has 0 N–H and O–H groups in total. The van der Waals surface area contributed by atoms with Gasteiger partial charge in [0.05, 0.1) is 6.61 Å². The third-order valence-corrected chi connectivity index (χ3v) is 1.66. The van der Waals surface area contributed by atoms with Crippen LogP contribution in [0.25, 0.3) is 0 Å². The number of aromatic nitrogens is 1. The Labute approximate surface area is 73.6 Å². The molecule has 2 nitrogen and oxygen atoms in total. The molecule has 1 aromatic rings. The lowest BCUT2D eigenvalue weighted by Crippen LogP contribution is -1.97. The standard InChI is InChI=1S/C10H15NO/c1-3-7-12-10-6-5-9(4-2)8-11-10/h5-6,8H,3-4,7H2,1-2H3. The van der Waals surface area contributed by atoms with Crippen molar-refractivity contribution in [1.82, 2.24) is 4.98 Å². The van der Waals surface area contributed by atoms with Crippen LogP contribution in [0.3, 0.4) is 0 Å². The second-order valence-corrected chi connectivity index (χ2v) is 2.71. The Kier molecular flexibility index (Phi) is 3.58. The molecule has 0 fully saturated rings. The first kappa shape index (κ1) is 9.04. The van der Waals surface area contributed by atoms with Crippen LogP contribution in [0, 0.1) is 0 Å². The molecule has 1 heterocycles. The van der Waals surface area contributed by atoms with Gasteiger partial charge in [-0.3, -0.25) is 0 Å². The monoisotopic (exact) mass is 165 g/mol. The van der Waals surface area contributed by atoms with Crippen molar-refractivity contribution in [3.63, 3.8) is 0 Å². The zero-order valence-corrected chi connectivity index (χ0v) is 7.71. The lowest BCUT2D eigenvalue weighted by atomic mass is 10.2. The maximum Gasteiger partial charge on any atom is 0.213 e. The molecule has 0 bridgehead atoms. The molecule has 1 aromatic heterocycles. The quantitative estimate of drug-likeness (QED) is 0.683. The lowest BCUT2D eigenvalue weighted by Gasteiger charge is -2.02. The van der Waals surface area contributed by atoms with E-state index in [2.05, 4.69) is 24.9 Å². The van der Waals surface area contributed by atoms with Crippen LogP contribution >= 0.6 is 0 Å². The van der Waals surface area contributed by atoms with E-state index < -0.39 is 0 Å². The molecule has 0 aliphatic rings. The first-order valence-electron chi connectivity index (χ1n) is 4.44. The number of aryl methyl sites for hydroxylation is 1. The molecule has 2 heteroatoms. The van der Waals surface area contributed by atoms with Gasteiger partial charge in [-0.05, 0) is 18.4 Å². The van der Waals surface area contributed by atoms with Crippen LogP contribution in [0.5, 0.6) is 5.88 Å². The van der Waals surface area contributed by atoms with E-state index in [1.807, 2.05) is 12.3 Å². The molecular weight excluding hydrogens is 150 g/mol. The van der Waals surface area contributed by atoms with Crippen molar-refractivity contribution < 1.29 is 4.74 Å². The van der Waals surface area contributed by atoms with E-state index in [0.29, 0.717) is 0 Å². The summed E-state index contributed by atoms with van der Waals surface area (Å²) in [5.74, 6) is 0.731. The highest BCUT2D eigenvalue weighted by atomic mass is 16.5. The average molecular weight is 165 g/mol. The van der Waals surface area contributed by atoms with Gasteiger partial charge < -0.3 is 4.74 Å². The minimum Gasteiger partial charge on any atom is -0.478 e. The van der Waals surface area contributed by atoms with Gasteiger partial charge in [0.15, 0.2) is 0 Å². The van der Waals surface area contributed by atoms with Gasteiger partial charge in [0.2, 0.25) is 5.88 Å². The number of pyridine rings is 1. The Hall–Kier alpha value is -1.05. The van der Waals surface area contributed by atoms with E-state index >= 15 is 0 Å². The Morgan fingerprint density at radius 2 is 2.17 bits per heavy atom. The summed E-state index contributed by atoms with van der Waals surface area (Å²) in [7, 11) is 0. The van der Waals surface area contributed by atoms with E-state index in [0.717, 1.165) is 25.3 Å². The van der Waals surface area contributed by atoms with E-state index in [-0.39, 0.29) is 0 Å². The highest BCUT2D eigenvalue weighted by Crippen LogP contribution is 2.07.